The minimum atomic E-state index is -0.605. The number of carbonyl (C=O) groups excluding carboxylic acids is 1. The molecule has 0 spiro atoms. The molecule has 1 amide bonds. The van der Waals surface area contributed by atoms with Crippen molar-refractivity contribution in [1.29, 1.82) is 0 Å². The number of benzene rings is 1. The van der Waals surface area contributed by atoms with E-state index in [1.807, 2.05) is 17.0 Å². The summed E-state index contributed by atoms with van der Waals surface area (Å²) < 4.78 is 11.6. The van der Waals surface area contributed by atoms with E-state index < -0.39 is 6.10 Å². The summed E-state index contributed by atoms with van der Waals surface area (Å²) in [6, 6.07) is 7.10. The number of aliphatic hydroxyl groups excluding tert-OH is 1. The van der Waals surface area contributed by atoms with E-state index in [0.717, 1.165) is 24.5 Å². The molecule has 2 N–H and O–H groups in total. The highest BCUT2D eigenvalue weighted by atomic mass is 16.5. The fraction of sp³-hybridized carbons (Fsp3) is 0.417. The Morgan fingerprint density at radius 1 is 1.24 bits per heavy atom. The number of fused-ring (bicyclic) bond motifs is 3. The Bertz CT molecular complexity index is 1110. The van der Waals surface area contributed by atoms with E-state index in [2.05, 4.69) is 20.2 Å². The van der Waals surface area contributed by atoms with E-state index in [-0.39, 0.29) is 12.5 Å². The maximum Gasteiger partial charge on any atom is 0.259 e. The maximum absolute atomic E-state index is 12.8. The van der Waals surface area contributed by atoms with Crippen LogP contribution in [-0.4, -0.2) is 90.1 Å². The summed E-state index contributed by atoms with van der Waals surface area (Å²) in [5, 5.41) is 13.3. The van der Waals surface area contributed by atoms with Crippen LogP contribution in [-0.2, 0) is 0 Å². The number of likely N-dealkylation sites (tertiary alicyclic amines) is 1. The Morgan fingerprint density at radius 2 is 2.09 bits per heavy atom. The molecule has 3 aliphatic rings. The lowest BCUT2D eigenvalue weighted by molar-refractivity contribution is 0.0747. The van der Waals surface area contributed by atoms with E-state index in [4.69, 9.17) is 14.5 Å². The number of aromatic nitrogens is 1. The normalized spacial score (nSPS) is 18.0. The fourth-order valence-corrected chi connectivity index (χ4v) is 4.47. The van der Waals surface area contributed by atoms with Crippen LogP contribution >= 0.6 is 0 Å². The molecule has 34 heavy (non-hydrogen) atoms. The maximum atomic E-state index is 12.8. The van der Waals surface area contributed by atoms with Gasteiger partial charge in [0.15, 0.2) is 11.5 Å². The summed E-state index contributed by atoms with van der Waals surface area (Å²) >= 11 is 0. The first-order chi connectivity index (χ1) is 16.6. The third-order valence-electron chi connectivity index (χ3n) is 6.10. The van der Waals surface area contributed by atoms with Crippen LogP contribution < -0.4 is 14.8 Å². The van der Waals surface area contributed by atoms with Gasteiger partial charge in [0.2, 0.25) is 5.96 Å². The standard InChI is InChI=1S/C24H28N6O4/c1-33-21-19(34-15-17(31)14-29-10-2-3-11-29)7-6-18-20(21)27-24(30-12-9-26-22(18)30)28-23(32)16-5-4-8-25-13-16/h4-8,13,17,31H,2-3,9-12,14-15H2,1H3,(H,27,28,32)/t17-/m1/s1. The molecule has 10 heteroatoms. The van der Waals surface area contributed by atoms with Gasteiger partial charge in [-0.1, -0.05) is 0 Å². The molecule has 0 saturated carbocycles. The highest BCUT2D eigenvalue weighted by molar-refractivity contribution is 6.20. The molecule has 10 nitrogen and oxygen atoms in total. The molecule has 1 atom stereocenters. The van der Waals surface area contributed by atoms with Crippen molar-refractivity contribution in [2.45, 2.75) is 18.9 Å². The third-order valence-corrected chi connectivity index (χ3v) is 6.10. The van der Waals surface area contributed by atoms with Gasteiger partial charge in [-0.3, -0.25) is 25.0 Å². The van der Waals surface area contributed by atoms with Crippen molar-refractivity contribution in [3.63, 3.8) is 0 Å². The Labute approximate surface area is 197 Å². The lowest BCUT2D eigenvalue weighted by Gasteiger charge is -2.28. The van der Waals surface area contributed by atoms with Crippen LogP contribution in [0.5, 0.6) is 11.5 Å². The molecule has 0 bridgehead atoms. The highest BCUT2D eigenvalue weighted by Gasteiger charge is 2.33. The van der Waals surface area contributed by atoms with Gasteiger partial charge in [0.25, 0.3) is 5.91 Å². The Hall–Kier alpha value is -3.50. The number of pyridine rings is 1. The molecular formula is C24H28N6O4. The van der Waals surface area contributed by atoms with E-state index in [1.54, 1.807) is 25.4 Å². The molecule has 0 unspecified atom stereocenters. The number of carbonyl (C=O) groups is 1. The first kappa shape index (κ1) is 22.3. The minimum absolute atomic E-state index is 0.146. The Balaban J connectivity index is 1.39. The smallest absolute Gasteiger partial charge is 0.259 e. The number of guanidine groups is 1. The number of amides is 1. The van der Waals surface area contributed by atoms with Gasteiger partial charge >= 0.3 is 0 Å². The van der Waals surface area contributed by atoms with Crippen LogP contribution in [0.25, 0.3) is 0 Å². The molecule has 1 aromatic heterocycles. The minimum Gasteiger partial charge on any atom is -0.491 e. The van der Waals surface area contributed by atoms with Gasteiger partial charge in [0.1, 0.15) is 24.2 Å². The molecule has 3 aliphatic heterocycles. The molecular weight excluding hydrogens is 436 g/mol. The van der Waals surface area contributed by atoms with E-state index >= 15 is 0 Å². The van der Waals surface area contributed by atoms with Crippen molar-refractivity contribution in [3.8, 4) is 11.5 Å². The number of hydrogen-bond acceptors (Lipinski definition) is 9. The first-order valence-electron chi connectivity index (χ1n) is 11.5. The van der Waals surface area contributed by atoms with E-state index in [1.165, 1.54) is 19.0 Å². The SMILES string of the molecule is COc1c(OC[C@H](O)CN2CCCC2)ccc2c1N=C(NC(=O)c1cccnc1)N1CCN=C21. The summed E-state index contributed by atoms with van der Waals surface area (Å²) in [5.74, 6) is 1.72. The van der Waals surface area contributed by atoms with Crippen LogP contribution in [0, 0.1) is 0 Å². The lowest BCUT2D eigenvalue weighted by Crippen LogP contribution is -2.47. The fourth-order valence-electron chi connectivity index (χ4n) is 4.47. The van der Waals surface area contributed by atoms with E-state index in [9.17, 15) is 9.90 Å². The Morgan fingerprint density at radius 3 is 2.85 bits per heavy atom. The zero-order valence-corrected chi connectivity index (χ0v) is 19.1. The Kier molecular flexibility index (Phi) is 6.41. The molecule has 1 saturated heterocycles. The quantitative estimate of drug-likeness (QED) is 0.637. The van der Waals surface area contributed by atoms with Gasteiger partial charge in [-0.2, -0.15) is 0 Å². The number of ether oxygens (including phenoxy) is 2. The number of methoxy groups -OCH3 is 1. The monoisotopic (exact) mass is 464 g/mol. The number of nitrogens with one attached hydrogen (secondary N) is 1. The van der Waals surface area contributed by atoms with Gasteiger partial charge in [-0.05, 0) is 50.2 Å². The predicted molar refractivity (Wildman–Crippen MR) is 127 cm³/mol. The molecule has 178 valence electrons. The van der Waals surface area contributed by atoms with Crippen LogP contribution in [0.3, 0.4) is 0 Å². The largest absolute Gasteiger partial charge is 0.491 e. The molecule has 5 rings (SSSR count). The lowest BCUT2D eigenvalue weighted by atomic mass is 10.1. The number of rotatable bonds is 7. The topological polar surface area (TPSA) is 112 Å². The van der Waals surface area contributed by atoms with Gasteiger partial charge in [0.05, 0.1) is 19.2 Å². The van der Waals surface area contributed by atoms with Gasteiger partial charge in [0, 0.05) is 31.0 Å². The number of β-amino-alcohol motifs (C(OH)–C–C–N with tert-alkyl or cyclic N) is 1. The van der Waals surface area contributed by atoms with Crippen LogP contribution in [0.15, 0.2) is 46.6 Å². The average molecular weight is 465 g/mol. The van der Waals surface area contributed by atoms with Gasteiger partial charge in [-0.15, -0.1) is 0 Å². The summed E-state index contributed by atoms with van der Waals surface area (Å²) in [7, 11) is 1.55. The van der Waals surface area contributed by atoms with Crippen molar-refractivity contribution < 1.29 is 19.4 Å². The summed E-state index contributed by atoms with van der Waals surface area (Å²) in [6.07, 6.45) is 4.86. The molecule has 2 aromatic rings. The third kappa shape index (κ3) is 4.46. The second-order valence-electron chi connectivity index (χ2n) is 8.45. The first-order valence-corrected chi connectivity index (χ1v) is 11.5. The molecule has 4 heterocycles. The van der Waals surface area contributed by atoms with Crippen LogP contribution in [0.4, 0.5) is 5.69 Å². The summed E-state index contributed by atoms with van der Waals surface area (Å²) in [6.45, 7) is 3.97. The number of aliphatic hydroxyl groups is 1. The van der Waals surface area contributed by atoms with Gasteiger partial charge in [-0.25, -0.2) is 4.99 Å². The van der Waals surface area contributed by atoms with Crippen molar-refractivity contribution in [3.05, 3.63) is 47.8 Å². The zero-order valence-electron chi connectivity index (χ0n) is 19.1. The highest BCUT2D eigenvalue weighted by Crippen LogP contribution is 2.43. The molecule has 1 aromatic carbocycles. The predicted octanol–water partition coefficient (Wildman–Crippen LogP) is 1.42. The summed E-state index contributed by atoms with van der Waals surface area (Å²) in [4.78, 5) is 30.3. The number of hydrogen-bond donors (Lipinski definition) is 2. The number of nitrogens with zero attached hydrogens (tertiary/aromatic N) is 5. The number of amidine groups is 1. The van der Waals surface area contributed by atoms with Crippen molar-refractivity contribution in [1.82, 2.24) is 20.1 Å². The number of aliphatic imine (C=N–C) groups is 2. The van der Waals surface area contributed by atoms with Gasteiger partial charge < -0.3 is 19.5 Å². The summed E-state index contributed by atoms with van der Waals surface area (Å²) in [5.41, 5.74) is 1.77. The van der Waals surface area contributed by atoms with Crippen LogP contribution in [0.2, 0.25) is 0 Å². The average Bonchev–Trinajstić information content (AvgIpc) is 3.55. The molecule has 0 radical (unpaired) electrons. The van der Waals surface area contributed by atoms with Crippen molar-refractivity contribution in [2.75, 3.05) is 46.4 Å². The molecule has 0 aliphatic carbocycles. The van der Waals surface area contributed by atoms with E-state index in [0.29, 0.717) is 48.3 Å². The second kappa shape index (κ2) is 9.78. The zero-order chi connectivity index (χ0) is 23.5. The van der Waals surface area contributed by atoms with Crippen molar-refractivity contribution >= 4 is 23.4 Å². The van der Waals surface area contributed by atoms with Crippen LogP contribution in [0.1, 0.15) is 28.8 Å². The van der Waals surface area contributed by atoms with Crippen molar-refractivity contribution in [2.24, 2.45) is 9.98 Å². The molecule has 1 fully saturated rings. The second-order valence-corrected chi connectivity index (χ2v) is 8.45.